The Morgan fingerprint density at radius 3 is 2.12 bits per heavy atom. The van der Waals surface area contributed by atoms with E-state index in [2.05, 4.69) is 13.2 Å². The third-order valence-corrected chi connectivity index (χ3v) is 3.14. The molecule has 0 amide bonds. The van der Waals surface area contributed by atoms with Gasteiger partial charge >= 0.3 is 0 Å². The molecule has 0 heterocycles. The maximum Gasteiger partial charge on any atom is 0.0600 e. The van der Waals surface area contributed by atoms with Gasteiger partial charge in [-0.2, -0.15) is 0 Å². The molecule has 0 radical (unpaired) electrons. The van der Waals surface area contributed by atoms with E-state index >= 15 is 0 Å². The lowest BCUT2D eigenvalue weighted by Crippen LogP contribution is -2.14. The minimum atomic E-state index is -0.196. The van der Waals surface area contributed by atoms with Gasteiger partial charge < -0.3 is 5.11 Å². The fraction of sp³-hybridized carbons (Fsp3) is 0.733. The summed E-state index contributed by atoms with van der Waals surface area (Å²) in [7, 11) is 0. The summed E-state index contributed by atoms with van der Waals surface area (Å²) in [5, 5.41) is 9.71. The molecule has 1 heteroatoms. The zero-order valence-corrected chi connectivity index (χ0v) is 10.8. The SMILES string of the molecule is C=CCCCCCCCC[C@H](O)[C@H](C)C=C. The number of unbranched alkanes of at least 4 members (excludes halogenated alkanes) is 6. The van der Waals surface area contributed by atoms with Gasteiger partial charge in [0.05, 0.1) is 6.10 Å². The van der Waals surface area contributed by atoms with Crippen LogP contribution in [0.3, 0.4) is 0 Å². The Hall–Kier alpha value is -0.560. The number of rotatable bonds is 11. The van der Waals surface area contributed by atoms with E-state index in [-0.39, 0.29) is 12.0 Å². The summed E-state index contributed by atoms with van der Waals surface area (Å²) in [6.45, 7) is 9.44. The van der Waals surface area contributed by atoms with Crippen LogP contribution in [0.15, 0.2) is 25.3 Å². The summed E-state index contributed by atoms with van der Waals surface area (Å²) in [6.07, 6.45) is 13.3. The monoisotopic (exact) mass is 224 g/mol. The van der Waals surface area contributed by atoms with Crippen LogP contribution in [-0.2, 0) is 0 Å². The fourth-order valence-electron chi connectivity index (χ4n) is 1.77. The van der Waals surface area contributed by atoms with Crippen molar-refractivity contribution in [3.05, 3.63) is 25.3 Å². The topological polar surface area (TPSA) is 20.2 Å². The van der Waals surface area contributed by atoms with Crippen LogP contribution in [0.4, 0.5) is 0 Å². The van der Waals surface area contributed by atoms with Gasteiger partial charge in [-0.15, -0.1) is 13.2 Å². The summed E-state index contributed by atoms with van der Waals surface area (Å²) in [5.41, 5.74) is 0. The lowest BCUT2D eigenvalue weighted by molar-refractivity contribution is 0.125. The first-order valence-electron chi connectivity index (χ1n) is 6.64. The van der Waals surface area contributed by atoms with Crippen LogP contribution in [0.25, 0.3) is 0 Å². The average Bonchev–Trinajstić information content (AvgIpc) is 2.31. The first kappa shape index (κ1) is 15.4. The maximum absolute atomic E-state index is 9.71. The van der Waals surface area contributed by atoms with Crippen LogP contribution < -0.4 is 0 Å². The Labute approximate surface area is 101 Å². The second-order valence-corrected chi connectivity index (χ2v) is 4.65. The Morgan fingerprint density at radius 2 is 1.56 bits per heavy atom. The zero-order chi connectivity index (χ0) is 12.2. The van der Waals surface area contributed by atoms with Crippen LogP contribution in [0.1, 0.15) is 58.3 Å². The van der Waals surface area contributed by atoms with E-state index in [1.807, 2.05) is 19.1 Å². The largest absolute Gasteiger partial charge is 0.393 e. The van der Waals surface area contributed by atoms with E-state index in [4.69, 9.17) is 0 Å². The fourth-order valence-corrected chi connectivity index (χ4v) is 1.77. The van der Waals surface area contributed by atoms with E-state index in [0.29, 0.717) is 0 Å². The molecule has 1 N–H and O–H groups in total. The zero-order valence-electron chi connectivity index (χ0n) is 10.8. The predicted octanol–water partition coefficient (Wildman–Crippen LogP) is 4.48. The van der Waals surface area contributed by atoms with Crippen molar-refractivity contribution in [1.29, 1.82) is 0 Å². The minimum Gasteiger partial charge on any atom is -0.393 e. The van der Waals surface area contributed by atoms with Crippen molar-refractivity contribution in [3.63, 3.8) is 0 Å². The van der Waals surface area contributed by atoms with Crippen molar-refractivity contribution in [3.8, 4) is 0 Å². The standard InChI is InChI=1S/C15H28O/c1-4-6-7-8-9-10-11-12-13-15(16)14(3)5-2/h4-5,14-16H,1-2,6-13H2,3H3/t14-,15+/m1/s1. The normalized spacial score (nSPS) is 14.4. The number of allylic oxidation sites excluding steroid dienone is 1. The molecule has 1 nitrogen and oxygen atoms in total. The van der Waals surface area contributed by atoms with Gasteiger partial charge in [-0.05, 0) is 25.2 Å². The molecule has 0 aliphatic heterocycles. The summed E-state index contributed by atoms with van der Waals surface area (Å²) in [6, 6.07) is 0. The van der Waals surface area contributed by atoms with Gasteiger partial charge in [0, 0.05) is 0 Å². The van der Waals surface area contributed by atoms with Crippen molar-refractivity contribution in [1.82, 2.24) is 0 Å². The quantitative estimate of drug-likeness (QED) is 0.405. The van der Waals surface area contributed by atoms with Gasteiger partial charge in [0.1, 0.15) is 0 Å². The van der Waals surface area contributed by atoms with Crippen LogP contribution in [0.2, 0.25) is 0 Å². The summed E-state index contributed by atoms with van der Waals surface area (Å²) < 4.78 is 0. The van der Waals surface area contributed by atoms with Crippen molar-refractivity contribution in [2.75, 3.05) is 0 Å². The second kappa shape index (κ2) is 10.9. The van der Waals surface area contributed by atoms with E-state index in [1.54, 1.807) is 0 Å². The summed E-state index contributed by atoms with van der Waals surface area (Å²) in [5.74, 6) is 0.229. The molecule has 0 rings (SSSR count). The molecule has 0 aromatic rings. The first-order chi connectivity index (χ1) is 7.72. The molecule has 2 atom stereocenters. The van der Waals surface area contributed by atoms with Gasteiger partial charge in [0.2, 0.25) is 0 Å². The Kier molecular flexibility index (Phi) is 10.6. The highest BCUT2D eigenvalue weighted by atomic mass is 16.3. The van der Waals surface area contributed by atoms with E-state index in [0.717, 1.165) is 19.3 Å². The molecule has 0 saturated carbocycles. The molecular formula is C15H28O. The molecule has 0 saturated heterocycles. The van der Waals surface area contributed by atoms with Gasteiger partial charge in [-0.1, -0.05) is 51.2 Å². The minimum absolute atomic E-state index is 0.196. The molecule has 0 fully saturated rings. The van der Waals surface area contributed by atoms with Gasteiger partial charge in [-0.3, -0.25) is 0 Å². The lowest BCUT2D eigenvalue weighted by Gasteiger charge is -2.14. The number of hydrogen-bond donors (Lipinski definition) is 1. The smallest absolute Gasteiger partial charge is 0.0600 e. The van der Waals surface area contributed by atoms with Crippen LogP contribution in [0, 0.1) is 5.92 Å². The third kappa shape index (κ3) is 8.72. The van der Waals surface area contributed by atoms with Crippen molar-refractivity contribution < 1.29 is 5.11 Å². The van der Waals surface area contributed by atoms with Crippen molar-refractivity contribution >= 4 is 0 Å². The van der Waals surface area contributed by atoms with E-state index < -0.39 is 0 Å². The van der Waals surface area contributed by atoms with Crippen LogP contribution in [-0.4, -0.2) is 11.2 Å². The highest BCUT2D eigenvalue weighted by Gasteiger charge is 2.09. The summed E-state index contributed by atoms with van der Waals surface area (Å²) >= 11 is 0. The third-order valence-electron chi connectivity index (χ3n) is 3.14. The lowest BCUT2D eigenvalue weighted by atomic mass is 9.98. The Balaban J connectivity index is 3.20. The Bertz CT molecular complexity index is 174. The predicted molar refractivity (Wildman–Crippen MR) is 72.5 cm³/mol. The van der Waals surface area contributed by atoms with Crippen LogP contribution >= 0.6 is 0 Å². The molecule has 0 bridgehead atoms. The molecular weight excluding hydrogens is 196 g/mol. The highest BCUT2D eigenvalue weighted by molar-refractivity contribution is 4.80. The number of aliphatic hydroxyl groups is 1. The molecule has 0 aromatic heterocycles. The maximum atomic E-state index is 9.71. The van der Waals surface area contributed by atoms with Crippen LogP contribution in [0.5, 0.6) is 0 Å². The summed E-state index contributed by atoms with van der Waals surface area (Å²) in [4.78, 5) is 0. The second-order valence-electron chi connectivity index (χ2n) is 4.65. The molecule has 16 heavy (non-hydrogen) atoms. The van der Waals surface area contributed by atoms with Crippen molar-refractivity contribution in [2.45, 2.75) is 64.4 Å². The molecule has 0 spiro atoms. The molecule has 0 aliphatic rings. The van der Waals surface area contributed by atoms with E-state index in [9.17, 15) is 5.11 Å². The van der Waals surface area contributed by atoms with Crippen molar-refractivity contribution in [2.24, 2.45) is 5.92 Å². The Morgan fingerprint density at radius 1 is 1.00 bits per heavy atom. The molecule has 0 aromatic carbocycles. The number of aliphatic hydroxyl groups excluding tert-OH is 1. The average molecular weight is 224 g/mol. The molecule has 94 valence electrons. The highest BCUT2D eigenvalue weighted by Crippen LogP contribution is 2.14. The first-order valence-corrected chi connectivity index (χ1v) is 6.64. The molecule has 0 unspecified atom stereocenters. The van der Waals surface area contributed by atoms with Gasteiger partial charge in [-0.25, -0.2) is 0 Å². The number of hydrogen-bond acceptors (Lipinski definition) is 1. The van der Waals surface area contributed by atoms with Gasteiger partial charge in [0.15, 0.2) is 0 Å². The molecule has 0 aliphatic carbocycles. The van der Waals surface area contributed by atoms with E-state index in [1.165, 1.54) is 32.1 Å². The van der Waals surface area contributed by atoms with Gasteiger partial charge in [0.25, 0.3) is 0 Å².